The normalized spacial score (nSPS) is 8.93. The molecule has 0 N–H and O–H groups in total. The van der Waals surface area contributed by atoms with Crippen molar-refractivity contribution in [2.24, 2.45) is 5.11 Å². The zero-order chi connectivity index (χ0) is 10.6. The highest BCUT2D eigenvalue weighted by Gasteiger charge is 2.09. The van der Waals surface area contributed by atoms with Gasteiger partial charge in [0, 0.05) is 17.0 Å². The molecule has 0 saturated heterocycles. The highest BCUT2D eigenvalue weighted by atomic mass is 16.6. The number of nitrogens with zero attached hydrogens (tertiary/aromatic N) is 4. The fourth-order valence-electron chi connectivity index (χ4n) is 0.918. The van der Waals surface area contributed by atoms with Gasteiger partial charge >= 0.3 is 0 Å². The van der Waals surface area contributed by atoms with E-state index >= 15 is 0 Å². The molecule has 1 rings (SSSR count). The molecular formula is C7H6N4O3. The summed E-state index contributed by atoms with van der Waals surface area (Å²) in [7, 11) is 1.39. The first-order chi connectivity index (χ1) is 6.69. The molecule has 0 aromatic heterocycles. The number of methoxy groups -OCH3 is 1. The van der Waals surface area contributed by atoms with Gasteiger partial charge in [-0.15, -0.1) is 0 Å². The lowest BCUT2D eigenvalue weighted by Crippen LogP contribution is -1.89. The number of hydrogen-bond donors (Lipinski definition) is 0. The quantitative estimate of drug-likeness (QED) is 0.243. The number of non-ortho nitro benzene ring substituents is 1. The highest BCUT2D eigenvalue weighted by Crippen LogP contribution is 2.31. The van der Waals surface area contributed by atoms with Gasteiger partial charge in [-0.25, -0.2) is 0 Å². The van der Waals surface area contributed by atoms with Crippen LogP contribution < -0.4 is 4.74 Å². The molecule has 0 amide bonds. The summed E-state index contributed by atoms with van der Waals surface area (Å²) in [6.45, 7) is 0. The Hall–Kier alpha value is -2.27. The average molecular weight is 194 g/mol. The molecule has 0 fully saturated rings. The lowest BCUT2D eigenvalue weighted by molar-refractivity contribution is -0.384. The number of azide groups is 1. The summed E-state index contributed by atoms with van der Waals surface area (Å²) < 4.78 is 4.85. The third-order valence-corrected chi connectivity index (χ3v) is 1.53. The predicted molar refractivity (Wildman–Crippen MR) is 48.5 cm³/mol. The van der Waals surface area contributed by atoms with Crippen LogP contribution >= 0.6 is 0 Å². The van der Waals surface area contributed by atoms with Gasteiger partial charge in [-0.3, -0.25) is 10.1 Å². The van der Waals surface area contributed by atoms with Gasteiger partial charge in [0.1, 0.15) is 5.75 Å². The van der Waals surface area contributed by atoms with Crippen molar-refractivity contribution < 1.29 is 9.66 Å². The Morgan fingerprint density at radius 1 is 1.64 bits per heavy atom. The molecule has 1 aromatic carbocycles. The van der Waals surface area contributed by atoms with E-state index in [9.17, 15) is 10.1 Å². The van der Waals surface area contributed by atoms with Gasteiger partial charge < -0.3 is 4.74 Å². The van der Waals surface area contributed by atoms with Crippen LogP contribution in [0, 0.1) is 10.1 Å². The van der Waals surface area contributed by atoms with Gasteiger partial charge in [-0.05, 0) is 11.6 Å². The second-order valence-corrected chi connectivity index (χ2v) is 2.30. The van der Waals surface area contributed by atoms with Crippen LogP contribution in [0.4, 0.5) is 11.4 Å². The van der Waals surface area contributed by atoms with E-state index in [0.717, 1.165) is 6.07 Å². The molecule has 72 valence electrons. The number of hydrogen-bond acceptors (Lipinski definition) is 4. The van der Waals surface area contributed by atoms with Crippen LogP contribution in [0.15, 0.2) is 23.3 Å². The van der Waals surface area contributed by atoms with Crippen LogP contribution in [-0.4, -0.2) is 12.0 Å². The van der Waals surface area contributed by atoms with Crippen molar-refractivity contribution in [3.63, 3.8) is 0 Å². The smallest absolute Gasteiger partial charge is 0.270 e. The van der Waals surface area contributed by atoms with Crippen LogP contribution in [0.5, 0.6) is 5.75 Å². The van der Waals surface area contributed by atoms with Gasteiger partial charge in [0.25, 0.3) is 5.69 Å². The van der Waals surface area contributed by atoms with Crippen LogP contribution in [-0.2, 0) is 0 Å². The fourth-order valence-corrected chi connectivity index (χ4v) is 0.918. The van der Waals surface area contributed by atoms with E-state index in [1.165, 1.54) is 19.2 Å². The zero-order valence-corrected chi connectivity index (χ0v) is 7.25. The molecule has 7 nitrogen and oxygen atoms in total. The molecule has 0 unspecified atom stereocenters. The molecule has 7 heteroatoms. The van der Waals surface area contributed by atoms with Gasteiger partial charge in [0.2, 0.25) is 0 Å². The van der Waals surface area contributed by atoms with Crippen LogP contribution in [0.1, 0.15) is 0 Å². The Balaban J connectivity index is 3.27. The van der Waals surface area contributed by atoms with E-state index in [4.69, 9.17) is 10.3 Å². The summed E-state index contributed by atoms with van der Waals surface area (Å²) >= 11 is 0. The van der Waals surface area contributed by atoms with Crippen LogP contribution in [0.25, 0.3) is 10.4 Å². The largest absolute Gasteiger partial charge is 0.496 e. The molecule has 14 heavy (non-hydrogen) atoms. The molecule has 0 aliphatic heterocycles. The van der Waals surface area contributed by atoms with Crippen molar-refractivity contribution in [3.05, 3.63) is 38.8 Å². The molecule has 0 radical (unpaired) electrons. The average Bonchev–Trinajstić information content (AvgIpc) is 2.18. The minimum Gasteiger partial charge on any atom is -0.496 e. The molecule has 0 atom stereocenters. The van der Waals surface area contributed by atoms with E-state index in [1.807, 2.05) is 0 Å². The first kappa shape index (κ1) is 9.82. The van der Waals surface area contributed by atoms with Gasteiger partial charge in [-0.2, -0.15) is 0 Å². The minimum atomic E-state index is -0.574. The lowest BCUT2D eigenvalue weighted by Gasteiger charge is -2.02. The summed E-state index contributed by atoms with van der Waals surface area (Å²) in [6, 6.07) is 3.80. The van der Waals surface area contributed by atoms with E-state index < -0.39 is 4.92 Å². The Morgan fingerprint density at radius 3 is 2.86 bits per heavy atom. The standard InChI is InChI=1S/C7H6N4O3/c1-14-7-3-2-5(11(12)13)4-6(7)9-10-8/h2-4H,1H3. The van der Waals surface area contributed by atoms with Crippen molar-refractivity contribution in [3.8, 4) is 5.75 Å². The molecule has 0 aliphatic carbocycles. The number of ether oxygens (including phenoxy) is 1. The first-order valence-corrected chi connectivity index (χ1v) is 3.56. The Bertz CT molecular complexity index is 411. The molecule has 0 heterocycles. The molecular weight excluding hydrogens is 188 g/mol. The second kappa shape index (κ2) is 4.11. The lowest BCUT2D eigenvalue weighted by atomic mass is 10.2. The van der Waals surface area contributed by atoms with Crippen molar-refractivity contribution in [2.45, 2.75) is 0 Å². The van der Waals surface area contributed by atoms with Gasteiger partial charge in [0.05, 0.1) is 17.7 Å². The molecule has 0 saturated carbocycles. The maximum Gasteiger partial charge on any atom is 0.270 e. The maximum absolute atomic E-state index is 10.4. The highest BCUT2D eigenvalue weighted by molar-refractivity contribution is 5.57. The van der Waals surface area contributed by atoms with Crippen molar-refractivity contribution in [1.82, 2.24) is 0 Å². The van der Waals surface area contributed by atoms with Crippen LogP contribution in [0.2, 0.25) is 0 Å². The minimum absolute atomic E-state index is 0.101. The second-order valence-electron chi connectivity index (χ2n) is 2.30. The van der Waals surface area contributed by atoms with Crippen molar-refractivity contribution >= 4 is 11.4 Å². The van der Waals surface area contributed by atoms with E-state index in [-0.39, 0.29) is 11.4 Å². The first-order valence-electron chi connectivity index (χ1n) is 3.56. The van der Waals surface area contributed by atoms with Gasteiger partial charge in [0.15, 0.2) is 0 Å². The summed E-state index contributed by atoms with van der Waals surface area (Å²) in [6.07, 6.45) is 0. The van der Waals surface area contributed by atoms with E-state index in [1.54, 1.807) is 0 Å². The van der Waals surface area contributed by atoms with Crippen molar-refractivity contribution in [2.75, 3.05) is 7.11 Å². The third kappa shape index (κ3) is 1.90. The van der Waals surface area contributed by atoms with Crippen LogP contribution in [0.3, 0.4) is 0 Å². The molecule has 1 aromatic rings. The monoisotopic (exact) mass is 194 g/mol. The zero-order valence-electron chi connectivity index (χ0n) is 7.25. The number of benzene rings is 1. The molecule has 0 spiro atoms. The summed E-state index contributed by atoms with van der Waals surface area (Å²) in [5, 5.41) is 13.7. The summed E-state index contributed by atoms with van der Waals surface area (Å²) in [5.41, 5.74) is 8.16. The number of rotatable bonds is 3. The Kier molecular flexibility index (Phi) is 2.88. The van der Waals surface area contributed by atoms with Gasteiger partial charge in [-0.1, -0.05) is 5.11 Å². The molecule has 0 bridgehead atoms. The van der Waals surface area contributed by atoms with E-state index in [2.05, 4.69) is 10.0 Å². The number of nitro benzene ring substituents is 1. The topological polar surface area (TPSA) is 101 Å². The third-order valence-electron chi connectivity index (χ3n) is 1.53. The van der Waals surface area contributed by atoms with E-state index in [0.29, 0.717) is 5.75 Å². The maximum atomic E-state index is 10.4. The molecule has 0 aliphatic rings. The summed E-state index contributed by atoms with van der Waals surface area (Å²) in [4.78, 5) is 12.4. The Labute approximate surface area is 78.7 Å². The number of nitro groups is 1. The summed E-state index contributed by atoms with van der Waals surface area (Å²) in [5.74, 6) is 0.299. The predicted octanol–water partition coefficient (Wildman–Crippen LogP) is 2.55. The van der Waals surface area contributed by atoms with Crippen molar-refractivity contribution in [1.29, 1.82) is 0 Å². The Morgan fingerprint density at radius 2 is 2.36 bits per heavy atom. The fraction of sp³-hybridized carbons (Fsp3) is 0.143. The SMILES string of the molecule is COc1ccc([N+](=O)[O-])cc1N=[N+]=[N-].